The summed E-state index contributed by atoms with van der Waals surface area (Å²) in [4.78, 5) is 30.3. The topological polar surface area (TPSA) is 70.5 Å². The molecule has 1 aliphatic heterocycles. The molecular formula is C14H18N2O3S. The number of aromatic nitrogens is 1. The molecule has 1 aromatic rings. The minimum Gasteiger partial charge on any atom is -0.480 e. The Bertz CT molecular complexity index is 551. The Kier molecular flexibility index (Phi) is 3.50. The smallest absolute Gasteiger partial charge is 0.326 e. The summed E-state index contributed by atoms with van der Waals surface area (Å²) in [7, 11) is 0. The Hall–Kier alpha value is -1.43. The monoisotopic (exact) mass is 294 g/mol. The fourth-order valence-electron chi connectivity index (χ4n) is 2.70. The van der Waals surface area contributed by atoms with Crippen molar-refractivity contribution in [1.29, 1.82) is 0 Å². The van der Waals surface area contributed by atoms with Gasteiger partial charge in [-0.1, -0.05) is 0 Å². The highest BCUT2D eigenvalue weighted by Crippen LogP contribution is 2.35. The predicted octanol–water partition coefficient (Wildman–Crippen LogP) is 2.09. The van der Waals surface area contributed by atoms with Crippen LogP contribution < -0.4 is 0 Å². The average molecular weight is 294 g/mol. The Morgan fingerprint density at radius 1 is 1.40 bits per heavy atom. The van der Waals surface area contributed by atoms with Crippen molar-refractivity contribution in [3.8, 4) is 0 Å². The summed E-state index contributed by atoms with van der Waals surface area (Å²) in [5.41, 5.74) is 0.742. The van der Waals surface area contributed by atoms with Gasteiger partial charge in [-0.25, -0.2) is 9.78 Å². The zero-order valence-corrected chi connectivity index (χ0v) is 12.3. The molecular weight excluding hydrogens is 276 g/mol. The molecule has 0 spiro atoms. The van der Waals surface area contributed by atoms with Crippen LogP contribution in [0.5, 0.6) is 0 Å². The van der Waals surface area contributed by atoms with Crippen LogP contribution in [0.1, 0.15) is 46.1 Å². The van der Waals surface area contributed by atoms with E-state index in [1.54, 1.807) is 0 Å². The number of amides is 1. The van der Waals surface area contributed by atoms with Crippen LogP contribution in [0.3, 0.4) is 0 Å². The van der Waals surface area contributed by atoms with Crippen molar-refractivity contribution in [3.05, 3.63) is 15.6 Å². The molecule has 3 rings (SSSR count). The molecule has 1 aromatic heterocycles. The number of aliphatic carboxylic acids is 1. The van der Waals surface area contributed by atoms with Crippen LogP contribution in [-0.4, -0.2) is 39.5 Å². The Morgan fingerprint density at radius 2 is 2.15 bits per heavy atom. The average Bonchev–Trinajstić information content (AvgIpc) is 2.93. The summed E-state index contributed by atoms with van der Waals surface area (Å²) < 4.78 is 0. The highest BCUT2D eigenvalue weighted by atomic mass is 32.1. The van der Waals surface area contributed by atoms with Crippen molar-refractivity contribution in [2.24, 2.45) is 5.92 Å². The highest BCUT2D eigenvalue weighted by Gasteiger charge is 2.36. The van der Waals surface area contributed by atoms with Gasteiger partial charge in [0.1, 0.15) is 10.9 Å². The van der Waals surface area contributed by atoms with Crippen molar-refractivity contribution >= 4 is 23.2 Å². The number of carboxylic acid groups (broad SMARTS) is 1. The minimum atomic E-state index is -0.906. The molecule has 5 nitrogen and oxygen atoms in total. The fourth-order valence-corrected chi connectivity index (χ4v) is 3.84. The lowest BCUT2D eigenvalue weighted by atomic mass is 10.2. The van der Waals surface area contributed by atoms with Gasteiger partial charge in [-0.15, -0.1) is 11.3 Å². The largest absolute Gasteiger partial charge is 0.480 e. The molecule has 0 aromatic carbocycles. The second-order valence-electron chi connectivity index (χ2n) is 5.66. The lowest BCUT2D eigenvalue weighted by Crippen LogP contribution is -2.40. The number of carbonyl (C=O) groups excluding carboxylic acids is 1. The summed E-state index contributed by atoms with van der Waals surface area (Å²) in [5.74, 6) is -0.328. The van der Waals surface area contributed by atoms with Gasteiger partial charge in [-0.05, 0) is 38.5 Å². The predicted molar refractivity (Wildman–Crippen MR) is 75.0 cm³/mol. The number of thiazole rings is 1. The summed E-state index contributed by atoms with van der Waals surface area (Å²) >= 11 is 1.44. The van der Waals surface area contributed by atoms with Crippen molar-refractivity contribution in [2.75, 3.05) is 6.54 Å². The van der Waals surface area contributed by atoms with Gasteiger partial charge in [0, 0.05) is 13.0 Å². The third-order valence-electron chi connectivity index (χ3n) is 3.99. The van der Waals surface area contributed by atoms with Gasteiger partial charge in [0.25, 0.3) is 5.91 Å². The maximum atomic E-state index is 12.5. The number of nitrogens with zero attached hydrogens (tertiary/aromatic N) is 2. The molecule has 1 aliphatic carbocycles. The molecule has 2 aliphatic rings. The molecule has 1 atom stereocenters. The number of hydrogen-bond acceptors (Lipinski definition) is 4. The van der Waals surface area contributed by atoms with E-state index < -0.39 is 12.0 Å². The molecule has 0 bridgehead atoms. The summed E-state index contributed by atoms with van der Waals surface area (Å²) in [5, 5.41) is 10.2. The van der Waals surface area contributed by atoms with Crippen molar-refractivity contribution < 1.29 is 14.7 Å². The van der Waals surface area contributed by atoms with E-state index in [1.807, 2.05) is 6.92 Å². The fraction of sp³-hybridized carbons (Fsp3) is 0.643. The van der Waals surface area contributed by atoms with E-state index in [9.17, 15) is 14.7 Å². The number of carboxylic acids is 1. The third-order valence-corrected chi connectivity index (χ3v) is 5.16. The normalized spacial score (nSPS) is 22.2. The van der Waals surface area contributed by atoms with E-state index in [0.29, 0.717) is 17.8 Å². The van der Waals surface area contributed by atoms with Crippen LogP contribution >= 0.6 is 11.3 Å². The number of likely N-dealkylation sites (tertiary alicyclic amines) is 1. The van der Waals surface area contributed by atoms with Gasteiger partial charge in [0.05, 0.1) is 10.7 Å². The standard InChI is InChI=1S/C14H18N2O3S/c1-8-12(20-11(15-8)7-9-4-5-9)13(17)16-6-2-3-10(16)14(18)19/h9-10H,2-7H2,1H3,(H,18,19)/t10-/m1/s1. The lowest BCUT2D eigenvalue weighted by molar-refractivity contribution is -0.141. The first-order chi connectivity index (χ1) is 9.56. The van der Waals surface area contributed by atoms with Crippen LogP contribution in [-0.2, 0) is 11.2 Å². The first kappa shape index (κ1) is 13.5. The molecule has 0 radical (unpaired) electrons. The lowest BCUT2D eigenvalue weighted by Gasteiger charge is -2.20. The van der Waals surface area contributed by atoms with Crippen LogP contribution in [0.15, 0.2) is 0 Å². The van der Waals surface area contributed by atoms with Gasteiger partial charge >= 0.3 is 5.97 Å². The Morgan fingerprint density at radius 3 is 2.80 bits per heavy atom. The Balaban J connectivity index is 1.78. The van der Waals surface area contributed by atoms with Crippen LogP contribution in [0.4, 0.5) is 0 Å². The zero-order chi connectivity index (χ0) is 14.3. The van der Waals surface area contributed by atoms with Gasteiger partial charge in [0.15, 0.2) is 0 Å². The zero-order valence-electron chi connectivity index (χ0n) is 11.5. The van der Waals surface area contributed by atoms with Crippen molar-refractivity contribution in [1.82, 2.24) is 9.88 Å². The maximum absolute atomic E-state index is 12.5. The molecule has 1 saturated carbocycles. The third kappa shape index (κ3) is 2.57. The molecule has 6 heteroatoms. The number of carbonyl (C=O) groups is 2. The number of aryl methyl sites for hydroxylation is 1. The first-order valence-electron chi connectivity index (χ1n) is 7.06. The van der Waals surface area contributed by atoms with Gasteiger partial charge in [-0.3, -0.25) is 4.79 Å². The molecule has 20 heavy (non-hydrogen) atoms. The highest BCUT2D eigenvalue weighted by molar-refractivity contribution is 7.13. The van der Waals surface area contributed by atoms with Crippen molar-refractivity contribution in [3.63, 3.8) is 0 Å². The van der Waals surface area contributed by atoms with Crippen molar-refractivity contribution in [2.45, 2.75) is 45.1 Å². The van der Waals surface area contributed by atoms with E-state index >= 15 is 0 Å². The van der Waals surface area contributed by atoms with Gasteiger partial charge in [-0.2, -0.15) is 0 Å². The quantitative estimate of drug-likeness (QED) is 0.923. The second-order valence-corrected chi connectivity index (χ2v) is 6.75. The number of rotatable bonds is 4. The van der Waals surface area contributed by atoms with E-state index in [4.69, 9.17) is 0 Å². The summed E-state index contributed by atoms with van der Waals surface area (Å²) in [6.45, 7) is 2.37. The molecule has 1 N–H and O–H groups in total. The Labute approximate surface area is 121 Å². The van der Waals surface area contributed by atoms with E-state index in [1.165, 1.54) is 29.1 Å². The van der Waals surface area contributed by atoms with Crippen LogP contribution in [0.25, 0.3) is 0 Å². The molecule has 1 amide bonds. The molecule has 108 valence electrons. The van der Waals surface area contributed by atoms with Crippen LogP contribution in [0.2, 0.25) is 0 Å². The maximum Gasteiger partial charge on any atom is 0.326 e. The number of hydrogen-bond donors (Lipinski definition) is 1. The molecule has 1 saturated heterocycles. The van der Waals surface area contributed by atoms with Crippen LogP contribution in [0, 0.1) is 12.8 Å². The molecule has 0 unspecified atom stereocenters. The van der Waals surface area contributed by atoms with Gasteiger partial charge < -0.3 is 10.0 Å². The second kappa shape index (κ2) is 5.16. The van der Waals surface area contributed by atoms with E-state index in [0.717, 1.165) is 29.5 Å². The molecule has 2 fully saturated rings. The van der Waals surface area contributed by atoms with E-state index in [2.05, 4.69) is 4.98 Å². The van der Waals surface area contributed by atoms with Gasteiger partial charge in [0.2, 0.25) is 0 Å². The van der Waals surface area contributed by atoms with E-state index in [-0.39, 0.29) is 5.91 Å². The summed E-state index contributed by atoms with van der Waals surface area (Å²) in [6.07, 6.45) is 4.79. The minimum absolute atomic E-state index is 0.160. The SMILES string of the molecule is Cc1nc(CC2CC2)sc1C(=O)N1CCC[C@@H]1C(=O)O. The molecule has 2 heterocycles. The summed E-state index contributed by atoms with van der Waals surface area (Å²) in [6, 6.07) is -0.670. The first-order valence-corrected chi connectivity index (χ1v) is 7.88.